The summed E-state index contributed by atoms with van der Waals surface area (Å²) in [6.45, 7) is 4.09. The van der Waals surface area contributed by atoms with E-state index in [1.54, 1.807) is 0 Å². The largest absolute Gasteiger partial charge is 0.378 e. The quantitative estimate of drug-likeness (QED) is 0.864. The first-order chi connectivity index (χ1) is 9.20. The molecule has 2 heterocycles. The number of anilines is 2. The summed E-state index contributed by atoms with van der Waals surface area (Å²) in [6, 6.07) is 6.18. The Bertz CT molecular complexity index is 516. The molecular formula is C15H22N4. The molecule has 0 fully saturated rings. The second kappa shape index (κ2) is 6.27. The lowest BCUT2D eigenvalue weighted by Crippen LogP contribution is -2.13. The topological polar surface area (TPSA) is 33.1 Å². The van der Waals surface area contributed by atoms with E-state index in [4.69, 9.17) is 0 Å². The first-order valence-electron chi connectivity index (χ1n) is 6.71. The summed E-state index contributed by atoms with van der Waals surface area (Å²) >= 11 is 0. The minimum Gasteiger partial charge on any atom is -0.378 e. The lowest BCUT2D eigenvalue weighted by molar-refractivity contribution is 0.681. The highest BCUT2D eigenvalue weighted by Gasteiger charge is 2.05. The van der Waals surface area contributed by atoms with Gasteiger partial charge < -0.3 is 14.8 Å². The molecule has 4 heteroatoms. The van der Waals surface area contributed by atoms with Gasteiger partial charge in [0.15, 0.2) is 5.82 Å². The van der Waals surface area contributed by atoms with Gasteiger partial charge in [0.2, 0.25) is 0 Å². The van der Waals surface area contributed by atoms with E-state index in [0.717, 1.165) is 31.0 Å². The Hall–Kier alpha value is -1.97. The van der Waals surface area contributed by atoms with E-state index in [1.807, 2.05) is 31.3 Å². The molecule has 0 atom stereocenters. The SMILES string of the molecule is CCCn1ccc(CNc2cccnc2N(C)C)c1. The number of nitrogens with zero attached hydrogens (tertiary/aromatic N) is 3. The first kappa shape index (κ1) is 13.5. The molecule has 2 aromatic rings. The van der Waals surface area contributed by atoms with Gasteiger partial charge in [-0.1, -0.05) is 6.92 Å². The van der Waals surface area contributed by atoms with E-state index >= 15 is 0 Å². The van der Waals surface area contributed by atoms with Crippen LogP contribution in [0.3, 0.4) is 0 Å². The average molecular weight is 258 g/mol. The van der Waals surface area contributed by atoms with Crippen molar-refractivity contribution in [3.8, 4) is 0 Å². The lowest BCUT2D eigenvalue weighted by atomic mass is 10.3. The molecule has 0 aliphatic heterocycles. The van der Waals surface area contributed by atoms with Gasteiger partial charge in [-0.05, 0) is 30.2 Å². The van der Waals surface area contributed by atoms with Crippen LogP contribution in [0.2, 0.25) is 0 Å². The van der Waals surface area contributed by atoms with Crippen LogP contribution in [-0.2, 0) is 13.1 Å². The van der Waals surface area contributed by atoms with Crippen LogP contribution in [0.25, 0.3) is 0 Å². The second-order valence-electron chi connectivity index (χ2n) is 4.88. The fourth-order valence-corrected chi connectivity index (χ4v) is 2.08. The van der Waals surface area contributed by atoms with Gasteiger partial charge >= 0.3 is 0 Å². The fraction of sp³-hybridized carbons (Fsp3) is 0.400. The minimum absolute atomic E-state index is 0.823. The Morgan fingerprint density at radius 1 is 1.32 bits per heavy atom. The van der Waals surface area contributed by atoms with Crippen LogP contribution in [0, 0.1) is 0 Å². The Morgan fingerprint density at radius 3 is 2.89 bits per heavy atom. The van der Waals surface area contributed by atoms with E-state index in [1.165, 1.54) is 5.56 Å². The van der Waals surface area contributed by atoms with Gasteiger partial charge in [-0.15, -0.1) is 0 Å². The van der Waals surface area contributed by atoms with E-state index in [-0.39, 0.29) is 0 Å². The maximum atomic E-state index is 4.38. The molecule has 0 unspecified atom stereocenters. The van der Waals surface area contributed by atoms with E-state index in [9.17, 15) is 0 Å². The third-order valence-electron chi connectivity index (χ3n) is 2.99. The number of hydrogen-bond acceptors (Lipinski definition) is 3. The third kappa shape index (κ3) is 3.50. The standard InChI is InChI=1S/C15H22N4/c1-4-9-19-10-7-13(12-19)11-17-14-6-5-8-16-15(14)18(2)3/h5-8,10,12,17H,4,9,11H2,1-3H3. The molecule has 0 amide bonds. The average Bonchev–Trinajstić information content (AvgIpc) is 2.85. The maximum absolute atomic E-state index is 4.38. The number of pyridine rings is 1. The van der Waals surface area contributed by atoms with Crippen molar-refractivity contribution >= 4 is 11.5 Å². The van der Waals surface area contributed by atoms with Crippen LogP contribution >= 0.6 is 0 Å². The highest BCUT2D eigenvalue weighted by atomic mass is 15.2. The van der Waals surface area contributed by atoms with Gasteiger partial charge in [0, 0.05) is 45.8 Å². The number of aryl methyl sites for hydroxylation is 1. The summed E-state index contributed by atoms with van der Waals surface area (Å²) < 4.78 is 2.23. The Balaban J connectivity index is 2.01. The van der Waals surface area contributed by atoms with E-state index in [2.05, 4.69) is 46.3 Å². The van der Waals surface area contributed by atoms with Gasteiger partial charge in [0.1, 0.15) is 0 Å². The van der Waals surface area contributed by atoms with Crippen molar-refractivity contribution in [2.45, 2.75) is 26.4 Å². The van der Waals surface area contributed by atoms with Crippen LogP contribution in [0.4, 0.5) is 11.5 Å². The molecular weight excluding hydrogens is 236 g/mol. The highest BCUT2D eigenvalue weighted by molar-refractivity contribution is 5.64. The predicted molar refractivity (Wildman–Crippen MR) is 80.6 cm³/mol. The van der Waals surface area contributed by atoms with Crippen molar-refractivity contribution in [3.05, 3.63) is 42.4 Å². The van der Waals surface area contributed by atoms with Crippen LogP contribution in [0.15, 0.2) is 36.8 Å². The lowest BCUT2D eigenvalue weighted by Gasteiger charge is -2.16. The van der Waals surface area contributed by atoms with Crippen molar-refractivity contribution in [2.24, 2.45) is 0 Å². The zero-order valence-electron chi connectivity index (χ0n) is 11.9. The van der Waals surface area contributed by atoms with E-state index < -0.39 is 0 Å². The molecule has 2 aromatic heterocycles. The van der Waals surface area contributed by atoms with Gasteiger partial charge in [0.05, 0.1) is 5.69 Å². The molecule has 0 bridgehead atoms. The van der Waals surface area contributed by atoms with Crippen molar-refractivity contribution < 1.29 is 0 Å². The summed E-state index contributed by atoms with van der Waals surface area (Å²) in [7, 11) is 4.01. The molecule has 0 saturated carbocycles. The van der Waals surface area contributed by atoms with Gasteiger partial charge in [0.25, 0.3) is 0 Å². The van der Waals surface area contributed by atoms with E-state index in [0.29, 0.717) is 0 Å². The summed E-state index contributed by atoms with van der Waals surface area (Å²) in [5, 5.41) is 3.45. The number of hydrogen-bond donors (Lipinski definition) is 1. The molecule has 0 aliphatic carbocycles. The second-order valence-corrected chi connectivity index (χ2v) is 4.88. The third-order valence-corrected chi connectivity index (χ3v) is 2.99. The monoisotopic (exact) mass is 258 g/mol. The molecule has 0 radical (unpaired) electrons. The van der Waals surface area contributed by atoms with Crippen molar-refractivity contribution in [1.29, 1.82) is 0 Å². The molecule has 19 heavy (non-hydrogen) atoms. The van der Waals surface area contributed by atoms with Crippen LogP contribution in [0.5, 0.6) is 0 Å². The normalized spacial score (nSPS) is 10.5. The molecule has 0 aromatic carbocycles. The van der Waals surface area contributed by atoms with Gasteiger partial charge in [-0.3, -0.25) is 0 Å². The van der Waals surface area contributed by atoms with Crippen LogP contribution in [0.1, 0.15) is 18.9 Å². The molecule has 1 N–H and O–H groups in total. The van der Waals surface area contributed by atoms with Crippen LogP contribution in [-0.4, -0.2) is 23.6 Å². The fourth-order valence-electron chi connectivity index (χ4n) is 2.08. The summed E-state index contributed by atoms with van der Waals surface area (Å²) in [6.07, 6.45) is 7.31. The highest BCUT2D eigenvalue weighted by Crippen LogP contribution is 2.21. The molecule has 4 nitrogen and oxygen atoms in total. The van der Waals surface area contributed by atoms with Gasteiger partial charge in [-0.25, -0.2) is 4.98 Å². The smallest absolute Gasteiger partial charge is 0.151 e. The summed E-state index contributed by atoms with van der Waals surface area (Å²) in [5.41, 5.74) is 2.36. The van der Waals surface area contributed by atoms with Crippen molar-refractivity contribution in [3.63, 3.8) is 0 Å². The maximum Gasteiger partial charge on any atom is 0.151 e. The summed E-state index contributed by atoms with van der Waals surface area (Å²) in [4.78, 5) is 6.40. The van der Waals surface area contributed by atoms with Crippen LogP contribution < -0.4 is 10.2 Å². The Labute approximate surface area is 115 Å². The summed E-state index contributed by atoms with van der Waals surface area (Å²) in [5.74, 6) is 0.968. The Morgan fingerprint density at radius 2 is 2.16 bits per heavy atom. The first-order valence-corrected chi connectivity index (χ1v) is 6.71. The van der Waals surface area contributed by atoms with Crippen molar-refractivity contribution in [2.75, 3.05) is 24.3 Å². The molecule has 0 aliphatic rings. The zero-order valence-corrected chi connectivity index (χ0v) is 11.9. The zero-order chi connectivity index (χ0) is 13.7. The Kier molecular flexibility index (Phi) is 4.44. The van der Waals surface area contributed by atoms with Gasteiger partial charge in [-0.2, -0.15) is 0 Å². The molecule has 0 spiro atoms. The molecule has 0 saturated heterocycles. The molecule has 102 valence electrons. The molecule has 2 rings (SSSR count). The number of aromatic nitrogens is 2. The van der Waals surface area contributed by atoms with Crippen molar-refractivity contribution in [1.82, 2.24) is 9.55 Å². The minimum atomic E-state index is 0.823. The number of nitrogens with one attached hydrogen (secondary N) is 1. The predicted octanol–water partition coefficient (Wildman–Crippen LogP) is 2.97. The number of rotatable bonds is 6.